The summed E-state index contributed by atoms with van der Waals surface area (Å²) in [4.78, 5) is 13.3. The summed E-state index contributed by atoms with van der Waals surface area (Å²) in [6, 6.07) is 13.3. The Morgan fingerprint density at radius 1 is 1.24 bits per heavy atom. The topological polar surface area (TPSA) is 55.1 Å². The molecule has 0 aliphatic carbocycles. The van der Waals surface area contributed by atoms with Crippen molar-refractivity contribution < 1.29 is 4.79 Å². The third kappa shape index (κ3) is 3.17. The van der Waals surface area contributed by atoms with E-state index in [0.29, 0.717) is 10.7 Å². The second-order valence-corrected chi connectivity index (χ2v) is 6.65. The number of fused-ring (bicyclic) bond motifs is 1. The van der Waals surface area contributed by atoms with Crippen LogP contribution in [0.1, 0.15) is 12.0 Å². The predicted molar refractivity (Wildman–Crippen MR) is 88.9 cm³/mol. The number of halogens is 1. The molecule has 0 radical (unpaired) electrons. The first-order valence-electron chi connectivity index (χ1n) is 6.74. The molecule has 1 aliphatic rings. The van der Waals surface area contributed by atoms with E-state index in [9.17, 15) is 4.79 Å². The highest BCUT2D eigenvalue weighted by Gasteiger charge is 2.24. The molecule has 21 heavy (non-hydrogen) atoms. The highest BCUT2D eigenvalue weighted by molar-refractivity contribution is 8.00. The minimum atomic E-state index is -0.152. The Morgan fingerprint density at radius 3 is 2.86 bits per heavy atom. The summed E-state index contributed by atoms with van der Waals surface area (Å²) in [7, 11) is 0. The lowest BCUT2D eigenvalue weighted by molar-refractivity contribution is -0.115. The highest BCUT2D eigenvalue weighted by Crippen LogP contribution is 2.35. The van der Waals surface area contributed by atoms with Crippen molar-refractivity contribution in [2.45, 2.75) is 23.0 Å². The smallest absolute Gasteiger partial charge is 0.237 e. The number of rotatable bonds is 2. The predicted octanol–water partition coefficient (Wildman–Crippen LogP) is 3.97. The van der Waals surface area contributed by atoms with Crippen molar-refractivity contribution >= 4 is 40.6 Å². The summed E-state index contributed by atoms with van der Waals surface area (Å²) < 4.78 is 0. The van der Waals surface area contributed by atoms with E-state index in [4.69, 9.17) is 17.3 Å². The summed E-state index contributed by atoms with van der Waals surface area (Å²) in [6.07, 6.45) is 1.66. The molecule has 0 aromatic heterocycles. The number of para-hydroxylation sites is 1. The van der Waals surface area contributed by atoms with Crippen molar-refractivity contribution in [2.24, 2.45) is 0 Å². The van der Waals surface area contributed by atoms with Crippen LogP contribution in [0.3, 0.4) is 0 Å². The van der Waals surface area contributed by atoms with Gasteiger partial charge in [0, 0.05) is 21.3 Å². The molecule has 2 aromatic rings. The molecule has 1 atom stereocenters. The van der Waals surface area contributed by atoms with Crippen LogP contribution in [0.5, 0.6) is 0 Å². The van der Waals surface area contributed by atoms with Crippen molar-refractivity contribution in [3.05, 3.63) is 53.1 Å². The molecule has 3 N–H and O–H groups in total. The molecule has 5 heteroatoms. The maximum Gasteiger partial charge on any atom is 0.237 e. The minimum Gasteiger partial charge on any atom is -0.398 e. The lowest BCUT2D eigenvalue weighted by Crippen LogP contribution is -2.23. The number of carbonyl (C=O) groups is 1. The number of anilines is 2. The lowest BCUT2D eigenvalue weighted by atomic mass is 10.1. The maximum atomic E-state index is 12.4. The standard InChI is InChI=1S/C16H15ClN2OS/c17-11-6-8-14(12(18)9-11)21-15-7-5-10-3-1-2-4-13(10)19-16(15)20/h1-4,6,8-9,15H,5,7,18H2,(H,19,20). The van der Waals surface area contributed by atoms with Crippen LogP contribution in [-0.2, 0) is 11.2 Å². The molecule has 0 saturated carbocycles. The van der Waals surface area contributed by atoms with Crippen LogP contribution in [0.4, 0.5) is 11.4 Å². The quantitative estimate of drug-likeness (QED) is 0.824. The van der Waals surface area contributed by atoms with E-state index in [2.05, 4.69) is 11.4 Å². The van der Waals surface area contributed by atoms with E-state index in [0.717, 1.165) is 23.4 Å². The highest BCUT2D eigenvalue weighted by atomic mass is 35.5. The van der Waals surface area contributed by atoms with E-state index in [1.54, 1.807) is 12.1 Å². The largest absolute Gasteiger partial charge is 0.398 e. The Kier molecular flexibility index (Phi) is 4.08. The van der Waals surface area contributed by atoms with Gasteiger partial charge in [0.15, 0.2) is 0 Å². The second kappa shape index (κ2) is 6.00. The molecule has 1 amide bonds. The number of thioether (sulfide) groups is 1. The van der Waals surface area contributed by atoms with Gasteiger partial charge in [0.1, 0.15) is 0 Å². The molecule has 0 fully saturated rings. The Balaban J connectivity index is 1.80. The number of hydrogen-bond acceptors (Lipinski definition) is 3. The summed E-state index contributed by atoms with van der Waals surface area (Å²) in [5, 5.41) is 3.45. The average molecular weight is 319 g/mol. The van der Waals surface area contributed by atoms with E-state index < -0.39 is 0 Å². The fraction of sp³-hybridized carbons (Fsp3) is 0.188. The van der Waals surface area contributed by atoms with E-state index in [1.807, 2.05) is 24.3 Å². The Morgan fingerprint density at radius 2 is 2.05 bits per heavy atom. The van der Waals surface area contributed by atoms with Gasteiger partial charge in [0.2, 0.25) is 5.91 Å². The zero-order valence-electron chi connectivity index (χ0n) is 11.3. The van der Waals surface area contributed by atoms with Crippen molar-refractivity contribution in [2.75, 3.05) is 11.1 Å². The second-order valence-electron chi connectivity index (χ2n) is 4.97. The van der Waals surface area contributed by atoms with Crippen LogP contribution in [0.2, 0.25) is 5.02 Å². The molecular formula is C16H15ClN2OS. The van der Waals surface area contributed by atoms with Crippen molar-refractivity contribution in [3.8, 4) is 0 Å². The van der Waals surface area contributed by atoms with Gasteiger partial charge in [-0.2, -0.15) is 0 Å². The van der Waals surface area contributed by atoms with Crippen LogP contribution in [-0.4, -0.2) is 11.2 Å². The number of hydrogen-bond donors (Lipinski definition) is 2. The number of benzene rings is 2. The molecular weight excluding hydrogens is 304 g/mol. The molecule has 108 valence electrons. The van der Waals surface area contributed by atoms with Gasteiger partial charge in [-0.1, -0.05) is 29.8 Å². The number of nitrogen functional groups attached to an aromatic ring is 1. The molecule has 1 unspecified atom stereocenters. The number of aryl methyl sites for hydroxylation is 1. The molecule has 0 saturated heterocycles. The first kappa shape index (κ1) is 14.3. The van der Waals surface area contributed by atoms with Crippen LogP contribution < -0.4 is 11.1 Å². The molecule has 0 spiro atoms. The molecule has 1 heterocycles. The Labute approximate surface area is 132 Å². The van der Waals surface area contributed by atoms with E-state index in [1.165, 1.54) is 17.3 Å². The van der Waals surface area contributed by atoms with E-state index in [-0.39, 0.29) is 11.2 Å². The van der Waals surface area contributed by atoms with Gasteiger partial charge in [-0.05, 0) is 42.7 Å². The van der Waals surface area contributed by atoms with Crippen LogP contribution in [0, 0.1) is 0 Å². The molecule has 2 aromatic carbocycles. The third-order valence-corrected chi connectivity index (χ3v) is 5.08. The monoisotopic (exact) mass is 318 g/mol. The lowest BCUT2D eigenvalue weighted by Gasteiger charge is -2.14. The van der Waals surface area contributed by atoms with Gasteiger partial charge in [0.05, 0.1) is 5.25 Å². The van der Waals surface area contributed by atoms with Gasteiger partial charge >= 0.3 is 0 Å². The van der Waals surface area contributed by atoms with Crippen LogP contribution in [0.25, 0.3) is 0 Å². The maximum absolute atomic E-state index is 12.4. The SMILES string of the molecule is Nc1cc(Cl)ccc1SC1CCc2ccccc2NC1=O. The zero-order valence-corrected chi connectivity index (χ0v) is 12.9. The first-order valence-corrected chi connectivity index (χ1v) is 8.00. The van der Waals surface area contributed by atoms with Gasteiger partial charge in [0.25, 0.3) is 0 Å². The summed E-state index contributed by atoms with van der Waals surface area (Å²) in [5.74, 6) is 0.0271. The third-order valence-electron chi connectivity index (χ3n) is 3.48. The average Bonchev–Trinajstić information content (AvgIpc) is 2.61. The van der Waals surface area contributed by atoms with Gasteiger partial charge in [-0.15, -0.1) is 11.8 Å². The summed E-state index contributed by atoms with van der Waals surface area (Å²) in [5.41, 5.74) is 8.67. The molecule has 3 nitrogen and oxygen atoms in total. The summed E-state index contributed by atoms with van der Waals surface area (Å²) in [6.45, 7) is 0. The number of carbonyl (C=O) groups excluding carboxylic acids is 1. The van der Waals surface area contributed by atoms with Gasteiger partial charge < -0.3 is 11.1 Å². The fourth-order valence-corrected chi connectivity index (χ4v) is 3.61. The Hall–Kier alpha value is -1.65. The summed E-state index contributed by atoms with van der Waals surface area (Å²) >= 11 is 7.40. The Bertz CT molecular complexity index is 690. The van der Waals surface area contributed by atoms with Crippen LogP contribution >= 0.6 is 23.4 Å². The number of nitrogens with two attached hydrogens (primary N) is 1. The zero-order chi connectivity index (χ0) is 14.8. The van der Waals surface area contributed by atoms with Gasteiger partial charge in [-0.3, -0.25) is 4.79 Å². The first-order chi connectivity index (χ1) is 10.1. The fourth-order valence-electron chi connectivity index (χ4n) is 2.38. The van der Waals surface area contributed by atoms with Crippen LogP contribution in [0.15, 0.2) is 47.4 Å². The van der Waals surface area contributed by atoms with Crippen molar-refractivity contribution in [3.63, 3.8) is 0 Å². The van der Waals surface area contributed by atoms with Crippen molar-refractivity contribution in [1.29, 1.82) is 0 Å². The molecule has 3 rings (SSSR count). The minimum absolute atomic E-state index is 0.0271. The molecule has 0 bridgehead atoms. The molecule has 1 aliphatic heterocycles. The van der Waals surface area contributed by atoms with E-state index >= 15 is 0 Å². The van der Waals surface area contributed by atoms with Gasteiger partial charge in [-0.25, -0.2) is 0 Å². The number of nitrogens with one attached hydrogen (secondary N) is 1. The number of amides is 1. The normalized spacial score (nSPS) is 17.8. The van der Waals surface area contributed by atoms with Crippen molar-refractivity contribution in [1.82, 2.24) is 0 Å².